The molecule has 0 unspecified atom stereocenters. The van der Waals surface area contributed by atoms with E-state index in [2.05, 4.69) is 5.32 Å². The molecule has 0 heterocycles. The van der Waals surface area contributed by atoms with E-state index in [1.54, 1.807) is 6.07 Å². The van der Waals surface area contributed by atoms with Gasteiger partial charge in [-0.05, 0) is 25.1 Å². The van der Waals surface area contributed by atoms with Crippen molar-refractivity contribution in [3.05, 3.63) is 23.8 Å². The Labute approximate surface area is 98.4 Å². The molecule has 0 fully saturated rings. The molecule has 1 amide bonds. The highest BCUT2D eigenvalue weighted by Gasteiger charge is 2.15. The first-order chi connectivity index (χ1) is 7.95. The van der Waals surface area contributed by atoms with E-state index in [9.17, 15) is 9.59 Å². The summed E-state index contributed by atoms with van der Waals surface area (Å²) in [5.74, 6) is -1.19. The normalized spacial score (nSPS) is 11.7. The van der Waals surface area contributed by atoms with E-state index in [1.165, 1.54) is 26.2 Å². The van der Waals surface area contributed by atoms with Crippen molar-refractivity contribution in [3.8, 4) is 5.75 Å². The highest BCUT2D eigenvalue weighted by atomic mass is 16.5. The van der Waals surface area contributed by atoms with Crippen LogP contribution >= 0.6 is 0 Å². The largest absolute Gasteiger partial charge is 0.497 e. The zero-order valence-electron chi connectivity index (χ0n) is 9.56. The molecule has 17 heavy (non-hydrogen) atoms. The zero-order chi connectivity index (χ0) is 13.0. The second-order valence-corrected chi connectivity index (χ2v) is 3.49. The summed E-state index contributed by atoms with van der Waals surface area (Å²) in [5, 5.41) is 11.4. The maximum atomic E-state index is 11.4. The number of anilines is 1. The van der Waals surface area contributed by atoms with Gasteiger partial charge in [0.2, 0.25) is 5.91 Å². The SMILES string of the molecule is COc1ccc(NC(=O)[C@H](C)N)c(C(=O)O)c1. The van der Waals surface area contributed by atoms with Crippen LogP contribution in [0.3, 0.4) is 0 Å². The Hall–Kier alpha value is -2.08. The molecule has 4 N–H and O–H groups in total. The summed E-state index contributed by atoms with van der Waals surface area (Å²) >= 11 is 0. The predicted octanol–water partition coefficient (Wildman–Crippen LogP) is 0.679. The summed E-state index contributed by atoms with van der Waals surface area (Å²) in [4.78, 5) is 22.4. The van der Waals surface area contributed by atoms with E-state index < -0.39 is 17.9 Å². The summed E-state index contributed by atoms with van der Waals surface area (Å²) in [7, 11) is 1.43. The van der Waals surface area contributed by atoms with Gasteiger partial charge in [0.1, 0.15) is 5.75 Å². The molecule has 0 saturated carbocycles. The summed E-state index contributed by atoms with van der Waals surface area (Å²) in [5.41, 5.74) is 5.53. The minimum atomic E-state index is -1.15. The monoisotopic (exact) mass is 238 g/mol. The molecular formula is C11H14N2O4. The first kappa shape index (κ1) is 13.0. The van der Waals surface area contributed by atoms with Crippen LogP contribution in [0.25, 0.3) is 0 Å². The van der Waals surface area contributed by atoms with E-state index in [-0.39, 0.29) is 11.3 Å². The van der Waals surface area contributed by atoms with Crippen LogP contribution in [0, 0.1) is 0 Å². The molecule has 1 aromatic carbocycles. The minimum absolute atomic E-state index is 0.0432. The number of nitrogens with two attached hydrogens (primary N) is 1. The summed E-state index contributed by atoms with van der Waals surface area (Å²) in [6.07, 6.45) is 0. The lowest BCUT2D eigenvalue weighted by Crippen LogP contribution is -2.33. The molecule has 0 bridgehead atoms. The van der Waals surface area contributed by atoms with Gasteiger partial charge in [-0.15, -0.1) is 0 Å². The highest BCUT2D eigenvalue weighted by Crippen LogP contribution is 2.22. The van der Waals surface area contributed by atoms with Crippen LogP contribution in [-0.4, -0.2) is 30.1 Å². The zero-order valence-corrected chi connectivity index (χ0v) is 9.56. The Morgan fingerprint density at radius 3 is 2.59 bits per heavy atom. The van der Waals surface area contributed by atoms with E-state index in [4.69, 9.17) is 15.6 Å². The topological polar surface area (TPSA) is 102 Å². The molecule has 6 heteroatoms. The Kier molecular flexibility index (Phi) is 4.06. The average Bonchev–Trinajstić information content (AvgIpc) is 2.29. The number of amides is 1. The smallest absolute Gasteiger partial charge is 0.337 e. The number of aromatic carboxylic acids is 1. The molecule has 0 aliphatic heterocycles. The van der Waals surface area contributed by atoms with E-state index in [0.29, 0.717) is 5.75 Å². The van der Waals surface area contributed by atoms with E-state index in [0.717, 1.165) is 0 Å². The predicted molar refractivity (Wildman–Crippen MR) is 62.2 cm³/mol. The van der Waals surface area contributed by atoms with Crippen molar-refractivity contribution in [1.82, 2.24) is 0 Å². The number of hydrogen-bond donors (Lipinski definition) is 3. The van der Waals surface area contributed by atoms with Gasteiger partial charge in [0.25, 0.3) is 0 Å². The fourth-order valence-corrected chi connectivity index (χ4v) is 1.18. The fourth-order valence-electron chi connectivity index (χ4n) is 1.18. The van der Waals surface area contributed by atoms with Crippen molar-refractivity contribution < 1.29 is 19.4 Å². The summed E-state index contributed by atoms with van der Waals surface area (Å²) < 4.78 is 4.91. The molecule has 1 atom stereocenters. The number of rotatable bonds is 4. The third-order valence-electron chi connectivity index (χ3n) is 2.13. The molecular weight excluding hydrogens is 224 g/mol. The Bertz CT molecular complexity index is 443. The van der Waals surface area contributed by atoms with Crippen LogP contribution in [0.5, 0.6) is 5.75 Å². The minimum Gasteiger partial charge on any atom is -0.497 e. The average molecular weight is 238 g/mol. The number of hydrogen-bond acceptors (Lipinski definition) is 4. The number of carboxylic acid groups (broad SMARTS) is 1. The first-order valence-electron chi connectivity index (χ1n) is 4.93. The lowest BCUT2D eigenvalue weighted by molar-refractivity contribution is -0.117. The van der Waals surface area contributed by atoms with Crippen molar-refractivity contribution >= 4 is 17.6 Å². The van der Waals surface area contributed by atoms with Crippen molar-refractivity contribution in [2.45, 2.75) is 13.0 Å². The third-order valence-corrected chi connectivity index (χ3v) is 2.13. The van der Waals surface area contributed by atoms with Crippen molar-refractivity contribution in [3.63, 3.8) is 0 Å². The highest BCUT2D eigenvalue weighted by molar-refractivity contribution is 6.02. The number of ether oxygens (including phenoxy) is 1. The van der Waals surface area contributed by atoms with Gasteiger partial charge in [-0.2, -0.15) is 0 Å². The van der Waals surface area contributed by atoms with Gasteiger partial charge in [0.05, 0.1) is 24.4 Å². The van der Waals surface area contributed by atoms with Crippen molar-refractivity contribution in [2.24, 2.45) is 5.73 Å². The molecule has 1 aromatic rings. The van der Waals surface area contributed by atoms with Crippen molar-refractivity contribution in [1.29, 1.82) is 0 Å². The van der Waals surface area contributed by atoms with Gasteiger partial charge in [0, 0.05) is 0 Å². The van der Waals surface area contributed by atoms with Gasteiger partial charge in [-0.1, -0.05) is 0 Å². The van der Waals surface area contributed by atoms with Crippen LogP contribution in [-0.2, 0) is 4.79 Å². The van der Waals surface area contributed by atoms with Gasteiger partial charge < -0.3 is 20.9 Å². The lowest BCUT2D eigenvalue weighted by atomic mass is 10.1. The second-order valence-electron chi connectivity index (χ2n) is 3.49. The van der Waals surface area contributed by atoms with Crippen LogP contribution in [0.15, 0.2) is 18.2 Å². The molecule has 0 aliphatic rings. The number of carbonyl (C=O) groups is 2. The number of methoxy groups -OCH3 is 1. The maximum absolute atomic E-state index is 11.4. The second kappa shape index (κ2) is 5.31. The van der Waals surface area contributed by atoms with Gasteiger partial charge in [-0.3, -0.25) is 4.79 Å². The molecule has 0 saturated heterocycles. The molecule has 0 radical (unpaired) electrons. The number of carbonyl (C=O) groups excluding carboxylic acids is 1. The standard InChI is InChI=1S/C11H14N2O4/c1-6(12)10(14)13-9-4-3-7(17-2)5-8(9)11(15)16/h3-6H,12H2,1-2H3,(H,13,14)(H,15,16)/t6-/m0/s1. The summed E-state index contributed by atoms with van der Waals surface area (Å²) in [6, 6.07) is 3.64. The molecule has 6 nitrogen and oxygen atoms in total. The molecule has 0 aromatic heterocycles. The van der Waals surface area contributed by atoms with E-state index in [1.807, 2.05) is 0 Å². The lowest BCUT2D eigenvalue weighted by Gasteiger charge is -2.11. The summed E-state index contributed by atoms with van der Waals surface area (Å²) in [6.45, 7) is 1.51. The molecule has 0 aliphatic carbocycles. The van der Waals surface area contributed by atoms with Crippen molar-refractivity contribution in [2.75, 3.05) is 12.4 Å². The Morgan fingerprint density at radius 2 is 2.12 bits per heavy atom. The van der Waals surface area contributed by atoms with Gasteiger partial charge in [0.15, 0.2) is 0 Å². The third kappa shape index (κ3) is 3.18. The quantitative estimate of drug-likeness (QED) is 0.715. The fraction of sp³-hybridized carbons (Fsp3) is 0.273. The number of benzene rings is 1. The Balaban J connectivity index is 3.06. The van der Waals surface area contributed by atoms with Gasteiger partial charge in [-0.25, -0.2) is 4.79 Å². The number of carboxylic acids is 1. The van der Waals surface area contributed by atoms with Crippen LogP contribution in [0.2, 0.25) is 0 Å². The number of nitrogens with one attached hydrogen (secondary N) is 1. The first-order valence-corrected chi connectivity index (χ1v) is 4.93. The molecule has 1 rings (SSSR count). The maximum Gasteiger partial charge on any atom is 0.337 e. The van der Waals surface area contributed by atoms with Gasteiger partial charge >= 0.3 is 5.97 Å². The molecule has 92 valence electrons. The van der Waals surface area contributed by atoms with E-state index >= 15 is 0 Å². The van der Waals surface area contributed by atoms with Crippen LogP contribution in [0.1, 0.15) is 17.3 Å². The van der Waals surface area contributed by atoms with Crippen LogP contribution in [0.4, 0.5) is 5.69 Å². The molecule has 0 spiro atoms. The van der Waals surface area contributed by atoms with Crippen LogP contribution < -0.4 is 15.8 Å². The Morgan fingerprint density at radius 1 is 1.47 bits per heavy atom.